The standard InChI is InChI=1S/C20H22N4O3S2/c25-19(24-13-10-22-20(24)28-15-16-4-3-9-21-14-16)17-5-7-18(8-6-17)29(26,27)23-11-1-2-12-23/h3-9,14H,1-2,10-13,15H2. The van der Waals surface area contributed by atoms with Crippen molar-refractivity contribution in [3.63, 3.8) is 0 Å². The lowest BCUT2D eigenvalue weighted by Crippen LogP contribution is -2.33. The molecular formula is C20H22N4O3S2. The largest absolute Gasteiger partial charge is 0.286 e. The average molecular weight is 431 g/mol. The quantitative estimate of drug-likeness (QED) is 0.728. The molecule has 0 spiro atoms. The SMILES string of the molecule is O=C(c1ccc(S(=O)(=O)N2CCCC2)cc1)N1CCN=C1SCc1cccnc1. The molecule has 1 saturated heterocycles. The fraction of sp³-hybridized carbons (Fsp3) is 0.350. The first-order chi connectivity index (χ1) is 14.1. The summed E-state index contributed by atoms with van der Waals surface area (Å²) < 4.78 is 26.8. The van der Waals surface area contributed by atoms with Crippen LogP contribution in [0.4, 0.5) is 0 Å². The van der Waals surface area contributed by atoms with Gasteiger partial charge in [-0.05, 0) is 48.7 Å². The molecule has 1 aromatic carbocycles. The predicted molar refractivity (Wildman–Crippen MR) is 113 cm³/mol. The zero-order valence-corrected chi connectivity index (χ0v) is 17.5. The number of amides is 1. The number of amidine groups is 1. The molecule has 1 fully saturated rings. The van der Waals surface area contributed by atoms with Crippen molar-refractivity contribution in [3.05, 3.63) is 59.9 Å². The first kappa shape index (κ1) is 20.1. The van der Waals surface area contributed by atoms with Gasteiger partial charge in [-0.1, -0.05) is 17.8 Å². The van der Waals surface area contributed by atoms with Crippen molar-refractivity contribution < 1.29 is 13.2 Å². The van der Waals surface area contributed by atoms with Crippen LogP contribution in [0.25, 0.3) is 0 Å². The van der Waals surface area contributed by atoms with Gasteiger partial charge in [-0.2, -0.15) is 4.31 Å². The summed E-state index contributed by atoms with van der Waals surface area (Å²) in [5.74, 6) is 0.522. The highest BCUT2D eigenvalue weighted by Gasteiger charge is 2.28. The third-order valence-electron chi connectivity index (χ3n) is 4.94. The Morgan fingerprint density at radius 3 is 2.52 bits per heavy atom. The van der Waals surface area contributed by atoms with Gasteiger partial charge in [0.2, 0.25) is 10.0 Å². The summed E-state index contributed by atoms with van der Waals surface area (Å²) in [4.78, 5) is 23.4. The maximum absolute atomic E-state index is 12.9. The highest BCUT2D eigenvalue weighted by atomic mass is 32.2. The van der Waals surface area contributed by atoms with Gasteiger partial charge in [-0.15, -0.1) is 0 Å². The lowest BCUT2D eigenvalue weighted by atomic mass is 10.2. The smallest absolute Gasteiger partial charge is 0.259 e. The Labute approximate surface area is 174 Å². The Bertz CT molecular complexity index is 1000. The third kappa shape index (κ3) is 4.36. The van der Waals surface area contributed by atoms with E-state index < -0.39 is 10.0 Å². The zero-order valence-electron chi connectivity index (χ0n) is 15.9. The van der Waals surface area contributed by atoms with Crippen molar-refractivity contribution in [2.45, 2.75) is 23.5 Å². The summed E-state index contributed by atoms with van der Waals surface area (Å²) in [7, 11) is -3.48. The fourth-order valence-corrected chi connectivity index (χ4v) is 5.87. The van der Waals surface area contributed by atoms with Gasteiger partial charge in [-0.25, -0.2) is 8.42 Å². The Balaban J connectivity index is 1.44. The lowest BCUT2D eigenvalue weighted by Gasteiger charge is -2.19. The summed E-state index contributed by atoms with van der Waals surface area (Å²) in [6.45, 7) is 2.22. The fourth-order valence-electron chi connectivity index (χ4n) is 3.37. The van der Waals surface area contributed by atoms with E-state index in [0.29, 0.717) is 42.7 Å². The Hall–Kier alpha value is -2.23. The van der Waals surface area contributed by atoms with E-state index in [4.69, 9.17) is 0 Å². The van der Waals surface area contributed by atoms with Crippen LogP contribution < -0.4 is 0 Å². The van der Waals surface area contributed by atoms with Crippen molar-refractivity contribution in [2.75, 3.05) is 26.2 Å². The summed E-state index contributed by atoms with van der Waals surface area (Å²) in [5.41, 5.74) is 1.53. The minimum atomic E-state index is -3.48. The molecule has 0 unspecified atom stereocenters. The molecule has 1 amide bonds. The maximum Gasteiger partial charge on any atom is 0.259 e. The number of hydrogen-bond donors (Lipinski definition) is 0. The molecule has 0 bridgehead atoms. The Morgan fingerprint density at radius 1 is 1.07 bits per heavy atom. The molecular weight excluding hydrogens is 408 g/mol. The minimum absolute atomic E-state index is 0.162. The van der Waals surface area contributed by atoms with E-state index in [1.165, 1.54) is 28.2 Å². The number of sulfonamides is 1. The number of pyridine rings is 1. The van der Waals surface area contributed by atoms with Crippen molar-refractivity contribution in [1.82, 2.24) is 14.2 Å². The number of rotatable bonds is 5. The van der Waals surface area contributed by atoms with Gasteiger partial charge < -0.3 is 0 Å². The van der Waals surface area contributed by atoms with Crippen LogP contribution in [0, 0.1) is 0 Å². The van der Waals surface area contributed by atoms with E-state index in [0.717, 1.165) is 18.4 Å². The van der Waals surface area contributed by atoms with E-state index >= 15 is 0 Å². The van der Waals surface area contributed by atoms with Crippen molar-refractivity contribution in [1.29, 1.82) is 0 Å². The molecule has 29 heavy (non-hydrogen) atoms. The summed E-state index contributed by atoms with van der Waals surface area (Å²) >= 11 is 1.50. The Kier molecular flexibility index (Phi) is 5.98. The monoisotopic (exact) mass is 430 g/mol. The number of hydrogen-bond acceptors (Lipinski definition) is 6. The van der Waals surface area contributed by atoms with Crippen molar-refractivity contribution in [2.24, 2.45) is 4.99 Å². The van der Waals surface area contributed by atoms with Crippen molar-refractivity contribution in [3.8, 4) is 0 Å². The van der Waals surface area contributed by atoms with Gasteiger partial charge in [0.15, 0.2) is 5.17 Å². The lowest BCUT2D eigenvalue weighted by molar-refractivity contribution is 0.0860. The molecule has 2 aliphatic heterocycles. The average Bonchev–Trinajstić information content (AvgIpc) is 3.45. The second kappa shape index (κ2) is 8.64. The molecule has 0 atom stereocenters. The number of aromatic nitrogens is 1. The summed E-state index contributed by atoms with van der Waals surface area (Å²) in [5, 5.41) is 0.688. The van der Waals surface area contributed by atoms with Crippen LogP contribution in [0.3, 0.4) is 0 Å². The van der Waals surface area contributed by atoms with Crippen LogP contribution in [0.5, 0.6) is 0 Å². The summed E-state index contributed by atoms with van der Waals surface area (Å²) in [6, 6.07) is 10.1. The highest BCUT2D eigenvalue weighted by molar-refractivity contribution is 8.13. The molecule has 0 aliphatic carbocycles. The zero-order chi connectivity index (χ0) is 20.3. The molecule has 2 aromatic rings. The van der Waals surface area contributed by atoms with Gasteiger partial charge in [-0.3, -0.25) is 19.7 Å². The normalized spacial score (nSPS) is 17.5. The van der Waals surface area contributed by atoms with Crippen LogP contribution in [-0.2, 0) is 15.8 Å². The van der Waals surface area contributed by atoms with Gasteiger partial charge in [0, 0.05) is 43.3 Å². The number of aliphatic imine (C=N–C) groups is 1. The molecule has 1 aromatic heterocycles. The number of carbonyl (C=O) groups is 1. The molecule has 0 N–H and O–H groups in total. The topological polar surface area (TPSA) is 82.9 Å². The summed E-state index contributed by atoms with van der Waals surface area (Å²) in [6.07, 6.45) is 5.31. The van der Waals surface area contributed by atoms with Gasteiger partial charge >= 0.3 is 0 Å². The van der Waals surface area contributed by atoms with E-state index in [-0.39, 0.29) is 10.8 Å². The van der Waals surface area contributed by atoms with Crippen LogP contribution in [0.15, 0.2) is 58.7 Å². The molecule has 4 rings (SSSR count). The Morgan fingerprint density at radius 2 is 1.83 bits per heavy atom. The molecule has 2 aliphatic rings. The van der Waals surface area contributed by atoms with Gasteiger partial charge in [0.05, 0.1) is 11.4 Å². The molecule has 152 valence electrons. The second-order valence-corrected chi connectivity index (χ2v) is 9.79. The van der Waals surface area contributed by atoms with Crippen molar-refractivity contribution >= 4 is 32.9 Å². The van der Waals surface area contributed by atoms with Gasteiger partial charge in [0.1, 0.15) is 0 Å². The van der Waals surface area contributed by atoms with E-state index in [1.54, 1.807) is 29.4 Å². The third-order valence-corrected chi connectivity index (χ3v) is 7.94. The van der Waals surface area contributed by atoms with E-state index in [2.05, 4.69) is 9.98 Å². The highest BCUT2D eigenvalue weighted by Crippen LogP contribution is 2.24. The molecule has 7 nitrogen and oxygen atoms in total. The van der Waals surface area contributed by atoms with Gasteiger partial charge in [0.25, 0.3) is 5.91 Å². The van der Waals surface area contributed by atoms with Crippen LogP contribution in [0.2, 0.25) is 0 Å². The molecule has 0 saturated carbocycles. The predicted octanol–water partition coefficient (Wildman–Crippen LogP) is 2.61. The maximum atomic E-state index is 12.9. The first-order valence-corrected chi connectivity index (χ1v) is 12.0. The van der Waals surface area contributed by atoms with E-state index in [9.17, 15) is 13.2 Å². The second-order valence-electron chi connectivity index (χ2n) is 6.91. The number of carbonyl (C=O) groups excluding carboxylic acids is 1. The van der Waals surface area contributed by atoms with E-state index in [1.807, 2.05) is 12.1 Å². The number of benzene rings is 1. The minimum Gasteiger partial charge on any atom is -0.286 e. The number of nitrogens with zero attached hydrogens (tertiary/aromatic N) is 4. The van der Waals surface area contributed by atoms with Crippen LogP contribution in [-0.4, -0.2) is 59.9 Å². The first-order valence-electron chi connectivity index (χ1n) is 9.54. The molecule has 3 heterocycles. The molecule has 0 radical (unpaired) electrons. The number of thioether (sulfide) groups is 1. The van der Waals surface area contributed by atoms with Crippen LogP contribution >= 0.6 is 11.8 Å². The molecule has 9 heteroatoms. The van der Waals surface area contributed by atoms with Crippen LogP contribution in [0.1, 0.15) is 28.8 Å².